The van der Waals surface area contributed by atoms with Gasteiger partial charge in [-0.2, -0.15) is 5.10 Å². The Kier molecular flexibility index (Phi) is 7.27. The number of phenols is 1. The number of benzene rings is 4. The third kappa shape index (κ3) is 5.45. The maximum Gasteiger partial charge on any atom is 0.275 e. The normalized spacial score (nSPS) is 11.0. The van der Waals surface area contributed by atoms with Gasteiger partial charge in [0.05, 0.1) is 22.5 Å². The summed E-state index contributed by atoms with van der Waals surface area (Å²) in [6.07, 6.45) is 1.48. The second-order valence-electron chi connectivity index (χ2n) is 7.36. The van der Waals surface area contributed by atoms with Gasteiger partial charge in [0.15, 0.2) is 11.5 Å². The molecule has 0 atom stereocenters. The van der Waals surface area contributed by atoms with Crippen LogP contribution in [0.15, 0.2) is 77.9 Å². The number of hydrogen-bond donors (Lipinski definition) is 2. The van der Waals surface area contributed by atoms with Crippen molar-refractivity contribution in [1.29, 1.82) is 0 Å². The Bertz CT molecular complexity index is 1370. The molecule has 0 unspecified atom stereocenters. The van der Waals surface area contributed by atoms with Crippen LogP contribution >= 0.6 is 22.6 Å². The van der Waals surface area contributed by atoms with Gasteiger partial charge in [-0.15, -0.1) is 0 Å². The largest absolute Gasteiger partial charge is 0.507 e. The van der Waals surface area contributed by atoms with Crippen molar-refractivity contribution in [2.75, 3.05) is 7.11 Å². The average Bonchev–Trinajstić information content (AvgIpc) is 2.83. The number of ether oxygens (including phenoxy) is 2. The molecule has 0 aliphatic heterocycles. The molecule has 1 amide bonds. The standard InChI is InChI=1S/C26H20FIN2O4/c1-33-24-11-17(10-22(28)25(24)34-15-16-6-8-20(27)9-7-16)14-29-30-26(32)21-12-18-4-2-3-5-19(18)13-23(21)31/h2-14,31H,15H2,1H3,(H,30,32). The number of halogens is 2. The minimum Gasteiger partial charge on any atom is -0.507 e. The molecule has 0 fully saturated rings. The molecule has 0 spiro atoms. The molecule has 0 aromatic heterocycles. The summed E-state index contributed by atoms with van der Waals surface area (Å²) >= 11 is 2.12. The smallest absolute Gasteiger partial charge is 0.275 e. The number of nitrogens with one attached hydrogen (secondary N) is 1. The van der Waals surface area contributed by atoms with Crippen LogP contribution in [-0.2, 0) is 6.61 Å². The molecular weight excluding hydrogens is 550 g/mol. The van der Waals surface area contributed by atoms with Crippen molar-refractivity contribution in [2.45, 2.75) is 6.61 Å². The number of methoxy groups -OCH3 is 1. The van der Waals surface area contributed by atoms with Gasteiger partial charge in [-0.3, -0.25) is 4.79 Å². The third-order valence-electron chi connectivity index (χ3n) is 5.04. The topological polar surface area (TPSA) is 80.2 Å². The minimum absolute atomic E-state index is 0.120. The number of aromatic hydroxyl groups is 1. The number of hydrogen-bond acceptors (Lipinski definition) is 5. The number of rotatable bonds is 7. The number of phenolic OH excluding ortho intramolecular Hbond substituents is 1. The summed E-state index contributed by atoms with van der Waals surface area (Å²) in [6, 6.07) is 20.2. The van der Waals surface area contributed by atoms with Crippen molar-refractivity contribution in [1.82, 2.24) is 5.43 Å². The Morgan fingerprint density at radius 3 is 2.50 bits per heavy atom. The lowest BCUT2D eigenvalue weighted by atomic mass is 10.1. The fraction of sp³-hybridized carbons (Fsp3) is 0.0769. The number of hydrazone groups is 1. The van der Waals surface area contributed by atoms with E-state index < -0.39 is 5.91 Å². The van der Waals surface area contributed by atoms with E-state index in [1.165, 1.54) is 25.5 Å². The van der Waals surface area contributed by atoms with E-state index in [-0.39, 0.29) is 23.7 Å². The van der Waals surface area contributed by atoms with E-state index in [1.54, 1.807) is 30.3 Å². The summed E-state index contributed by atoms with van der Waals surface area (Å²) in [4.78, 5) is 12.5. The van der Waals surface area contributed by atoms with Gasteiger partial charge in [0.2, 0.25) is 0 Å². The Labute approximate surface area is 209 Å². The monoisotopic (exact) mass is 570 g/mol. The van der Waals surface area contributed by atoms with Crippen LogP contribution in [0.3, 0.4) is 0 Å². The first kappa shape index (κ1) is 23.5. The Morgan fingerprint density at radius 2 is 1.79 bits per heavy atom. The van der Waals surface area contributed by atoms with Gasteiger partial charge in [0.25, 0.3) is 5.91 Å². The molecule has 172 valence electrons. The first-order chi connectivity index (χ1) is 16.4. The van der Waals surface area contributed by atoms with Crippen LogP contribution in [0, 0.1) is 9.39 Å². The molecule has 8 heteroatoms. The highest BCUT2D eigenvalue weighted by Crippen LogP contribution is 2.34. The second-order valence-corrected chi connectivity index (χ2v) is 8.53. The molecule has 0 aliphatic carbocycles. The second kappa shape index (κ2) is 10.5. The van der Waals surface area contributed by atoms with Crippen LogP contribution in [0.1, 0.15) is 21.5 Å². The average molecular weight is 570 g/mol. The predicted molar refractivity (Wildman–Crippen MR) is 137 cm³/mol. The van der Waals surface area contributed by atoms with Crippen LogP contribution in [-0.4, -0.2) is 24.3 Å². The first-order valence-electron chi connectivity index (χ1n) is 10.2. The highest BCUT2D eigenvalue weighted by molar-refractivity contribution is 14.1. The molecule has 4 aromatic carbocycles. The lowest BCUT2D eigenvalue weighted by molar-refractivity contribution is 0.0952. The lowest BCUT2D eigenvalue weighted by Gasteiger charge is -2.13. The van der Waals surface area contributed by atoms with Crippen molar-refractivity contribution >= 4 is 45.5 Å². The van der Waals surface area contributed by atoms with Gasteiger partial charge in [0.1, 0.15) is 18.2 Å². The van der Waals surface area contributed by atoms with Gasteiger partial charge in [-0.25, -0.2) is 9.82 Å². The number of fused-ring (bicyclic) bond motifs is 1. The number of carbonyl (C=O) groups excluding carboxylic acids is 1. The van der Waals surface area contributed by atoms with Gasteiger partial charge in [-0.1, -0.05) is 36.4 Å². The molecule has 0 saturated carbocycles. The molecular formula is C26H20FIN2O4. The molecule has 0 aliphatic rings. The SMILES string of the molecule is COc1cc(C=NNC(=O)c2cc3ccccc3cc2O)cc(I)c1OCc1ccc(F)cc1. The zero-order valence-corrected chi connectivity index (χ0v) is 20.2. The Hall–Kier alpha value is -3.66. The highest BCUT2D eigenvalue weighted by Gasteiger charge is 2.13. The maximum atomic E-state index is 13.1. The molecule has 2 N–H and O–H groups in total. The molecule has 4 aromatic rings. The summed E-state index contributed by atoms with van der Waals surface area (Å²) in [5.74, 6) is 0.0943. The van der Waals surface area contributed by atoms with E-state index >= 15 is 0 Å². The molecule has 6 nitrogen and oxygen atoms in total. The molecule has 0 heterocycles. The first-order valence-corrected chi connectivity index (χ1v) is 11.3. The van der Waals surface area contributed by atoms with E-state index in [0.29, 0.717) is 17.1 Å². The maximum absolute atomic E-state index is 13.1. The van der Waals surface area contributed by atoms with Crippen LogP contribution in [0.4, 0.5) is 4.39 Å². The summed E-state index contributed by atoms with van der Waals surface area (Å²) < 4.78 is 25.2. The van der Waals surface area contributed by atoms with E-state index in [0.717, 1.165) is 19.9 Å². The van der Waals surface area contributed by atoms with Gasteiger partial charge < -0.3 is 14.6 Å². The van der Waals surface area contributed by atoms with Crippen molar-refractivity contribution in [3.05, 3.63) is 98.9 Å². The Morgan fingerprint density at radius 1 is 1.09 bits per heavy atom. The van der Waals surface area contributed by atoms with E-state index in [1.807, 2.05) is 30.3 Å². The van der Waals surface area contributed by atoms with E-state index in [4.69, 9.17) is 9.47 Å². The van der Waals surface area contributed by atoms with Crippen molar-refractivity contribution in [3.63, 3.8) is 0 Å². The van der Waals surface area contributed by atoms with Crippen LogP contribution < -0.4 is 14.9 Å². The quantitative estimate of drug-likeness (QED) is 0.171. The molecule has 0 bridgehead atoms. The number of nitrogens with zero attached hydrogens (tertiary/aromatic N) is 1. The van der Waals surface area contributed by atoms with Crippen LogP contribution in [0.25, 0.3) is 10.8 Å². The van der Waals surface area contributed by atoms with Gasteiger partial charge in [-0.05, 0) is 80.9 Å². The van der Waals surface area contributed by atoms with Crippen LogP contribution in [0.5, 0.6) is 17.2 Å². The summed E-state index contributed by atoms with van der Waals surface area (Å²) in [5.41, 5.74) is 4.08. The highest BCUT2D eigenvalue weighted by atomic mass is 127. The fourth-order valence-electron chi connectivity index (χ4n) is 3.33. The molecule has 4 rings (SSSR count). The van der Waals surface area contributed by atoms with Gasteiger partial charge in [0, 0.05) is 0 Å². The van der Waals surface area contributed by atoms with Crippen molar-refractivity contribution < 1.29 is 23.8 Å². The van der Waals surface area contributed by atoms with E-state index in [2.05, 4.69) is 33.1 Å². The number of carbonyl (C=O) groups is 1. The molecule has 34 heavy (non-hydrogen) atoms. The molecule has 0 radical (unpaired) electrons. The predicted octanol–water partition coefficient (Wildman–Crippen LogP) is 5.64. The molecule has 0 saturated heterocycles. The number of amides is 1. The van der Waals surface area contributed by atoms with E-state index in [9.17, 15) is 14.3 Å². The fourth-order valence-corrected chi connectivity index (χ4v) is 4.11. The zero-order chi connectivity index (χ0) is 24.1. The minimum atomic E-state index is -0.527. The van der Waals surface area contributed by atoms with Crippen molar-refractivity contribution in [2.24, 2.45) is 5.10 Å². The Balaban J connectivity index is 1.46. The van der Waals surface area contributed by atoms with Gasteiger partial charge >= 0.3 is 0 Å². The van der Waals surface area contributed by atoms with Crippen molar-refractivity contribution in [3.8, 4) is 17.2 Å². The zero-order valence-electron chi connectivity index (χ0n) is 18.1. The summed E-state index contributed by atoms with van der Waals surface area (Å²) in [7, 11) is 1.53. The summed E-state index contributed by atoms with van der Waals surface area (Å²) in [6.45, 7) is 0.255. The lowest BCUT2D eigenvalue weighted by Crippen LogP contribution is -2.17. The third-order valence-corrected chi connectivity index (χ3v) is 5.84. The van der Waals surface area contributed by atoms with Crippen LogP contribution in [0.2, 0.25) is 0 Å². The summed E-state index contributed by atoms with van der Waals surface area (Å²) in [5, 5.41) is 15.9.